The van der Waals surface area contributed by atoms with Crippen LogP contribution in [0, 0.1) is 0 Å². The van der Waals surface area contributed by atoms with Crippen LogP contribution in [-0.2, 0) is 4.74 Å². The number of rotatable bonds is 4. The van der Waals surface area contributed by atoms with Crippen LogP contribution in [0.4, 0.5) is 0 Å². The van der Waals surface area contributed by atoms with Crippen molar-refractivity contribution in [1.82, 2.24) is 5.32 Å². The van der Waals surface area contributed by atoms with Crippen molar-refractivity contribution < 1.29 is 14.3 Å². The molecule has 2 saturated heterocycles. The number of amides is 1. The average Bonchev–Trinajstić information content (AvgIpc) is 3.12. The molecule has 3 atom stereocenters. The standard InChI is InChI=1S/C22H26N2O3/c1-26-19-9-8-16(21(23)25)12-18(19)17-13-22(27-14-17)10-5-11-24-20(22)15-6-3-2-4-7-15/h2-4,6-9,12,17,20,24H,5,10-11,13-14H2,1H3,(H2,23,25). The summed E-state index contributed by atoms with van der Waals surface area (Å²) in [5.74, 6) is 0.532. The Labute approximate surface area is 159 Å². The Hall–Kier alpha value is -2.37. The van der Waals surface area contributed by atoms with Crippen LogP contribution >= 0.6 is 0 Å². The molecule has 0 aliphatic carbocycles. The second-order valence-corrected chi connectivity index (χ2v) is 7.50. The topological polar surface area (TPSA) is 73.6 Å². The van der Waals surface area contributed by atoms with Crippen molar-refractivity contribution in [2.45, 2.75) is 36.8 Å². The molecule has 4 rings (SSSR count). The van der Waals surface area contributed by atoms with Gasteiger partial charge in [0, 0.05) is 17.0 Å². The molecule has 1 amide bonds. The smallest absolute Gasteiger partial charge is 0.248 e. The van der Waals surface area contributed by atoms with E-state index in [1.165, 1.54) is 5.56 Å². The highest BCUT2D eigenvalue weighted by Gasteiger charge is 2.49. The van der Waals surface area contributed by atoms with Gasteiger partial charge in [-0.1, -0.05) is 30.3 Å². The van der Waals surface area contributed by atoms with Crippen LogP contribution in [0.25, 0.3) is 0 Å². The monoisotopic (exact) mass is 366 g/mol. The summed E-state index contributed by atoms with van der Waals surface area (Å²) in [6, 6.07) is 16.1. The lowest BCUT2D eigenvalue weighted by Gasteiger charge is -2.41. The Morgan fingerprint density at radius 1 is 1.26 bits per heavy atom. The second-order valence-electron chi connectivity index (χ2n) is 7.50. The molecule has 2 aliphatic rings. The zero-order chi connectivity index (χ0) is 18.9. The molecular weight excluding hydrogens is 340 g/mol. The van der Waals surface area contributed by atoms with Crippen molar-refractivity contribution >= 4 is 5.91 Å². The highest BCUT2D eigenvalue weighted by molar-refractivity contribution is 5.93. The van der Waals surface area contributed by atoms with E-state index in [0.29, 0.717) is 12.2 Å². The quantitative estimate of drug-likeness (QED) is 0.872. The molecular formula is C22H26N2O3. The molecule has 142 valence electrons. The van der Waals surface area contributed by atoms with Gasteiger partial charge in [-0.2, -0.15) is 0 Å². The summed E-state index contributed by atoms with van der Waals surface area (Å²) < 4.78 is 12.0. The summed E-state index contributed by atoms with van der Waals surface area (Å²) in [7, 11) is 1.66. The number of benzene rings is 2. The summed E-state index contributed by atoms with van der Waals surface area (Å²) in [5, 5.41) is 3.67. The van der Waals surface area contributed by atoms with Crippen molar-refractivity contribution in [3.8, 4) is 5.75 Å². The number of nitrogens with two attached hydrogens (primary N) is 1. The first kappa shape index (κ1) is 18.0. The minimum Gasteiger partial charge on any atom is -0.496 e. The van der Waals surface area contributed by atoms with Gasteiger partial charge >= 0.3 is 0 Å². The van der Waals surface area contributed by atoms with Gasteiger partial charge < -0.3 is 20.5 Å². The Morgan fingerprint density at radius 3 is 2.81 bits per heavy atom. The molecule has 2 aromatic rings. The van der Waals surface area contributed by atoms with Gasteiger partial charge in [-0.05, 0) is 49.6 Å². The third-order valence-electron chi connectivity index (χ3n) is 5.90. The van der Waals surface area contributed by atoms with E-state index in [-0.39, 0.29) is 17.6 Å². The van der Waals surface area contributed by atoms with Gasteiger partial charge in [0.25, 0.3) is 0 Å². The Bertz CT molecular complexity index is 824. The lowest BCUT2D eigenvalue weighted by Crippen LogP contribution is -2.48. The molecule has 1 spiro atoms. The van der Waals surface area contributed by atoms with Crippen molar-refractivity contribution in [3.63, 3.8) is 0 Å². The predicted octanol–water partition coefficient (Wildman–Crippen LogP) is 3.16. The third-order valence-corrected chi connectivity index (χ3v) is 5.90. The number of primary amides is 1. The normalized spacial score (nSPS) is 27.6. The number of hydrogen-bond acceptors (Lipinski definition) is 4. The number of piperidine rings is 1. The lowest BCUT2D eigenvalue weighted by atomic mass is 9.76. The zero-order valence-electron chi connectivity index (χ0n) is 15.6. The van der Waals surface area contributed by atoms with Gasteiger partial charge in [-0.25, -0.2) is 0 Å². The minimum absolute atomic E-state index is 0.169. The van der Waals surface area contributed by atoms with E-state index in [0.717, 1.165) is 37.1 Å². The summed E-state index contributed by atoms with van der Waals surface area (Å²) in [4.78, 5) is 11.6. The van der Waals surface area contributed by atoms with Gasteiger partial charge in [0.1, 0.15) is 5.75 Å². The predicted molar refractivity (Wildman–Crippen MR) is 104 cm³/mol. The Morgan fingerprint density at radius 2 is 2.07 bits per heavy atom. The van der Waals surface area contributed by atoms with Gasteiger partial charge in [0.2, 0.25) is 5.91 Å². The summed E-state index contributed by atoms with van der Waals surface area (Å²) in [6.45, 7) is 1.61. The SMILES string of the molecule is COc1ccc(C(N)=O)cc1C1COC2(CCCNC2c2ccccc2)C1. The lowest BCUT2D eigenvalue weighted by molar-refractivity contribution is -0.0484. The number of carbonyl (C=O) groups is 1. The van der Waals surface area contributed by atoms with Crippen LogP contribution in [0.15, 0.2) is 48.5 Å². The number of ether oxygens (including phenoxy) is 2. The fraction of sp³-hybridized carbons (Fsp3) is 0.409. The van der Waals surface area contributed by atoms with Crippen LogP contribution in [0.5, 0.6) is 5.75 Å². The van der Waals surface area contributed by atoms with Gasteiger partial charge in [0.05, 0.1) is 25.4 Å². The molecule has 0 saturated carbocycles. The molecule has 2 aliphatic heterocycles. The van der Waals surface area contributed by atoms with Gasteiger partial charge in [-0.3, -0.25) is 4.79 Å². The molecule has 0 bridgehead atoms. The van der Waals surface area contributed by atoms with Crippen LogP contribution < -0.4 is 15.8 Å². The second kappa shape index (κ2) is 7.33. The first-order valence-electron chi connectivity index (χ1n) is 9.53. The van der Waals surface area contributed by atoms with Crippen LogP contribution in [0.3, 0.4) is 0 Å². The maximum atomic E-state index is 11.6. The molecule has 5 heteroatoms. The van der Waals surface area contributed by atoms with E-state index in [4.69, 9.17) is 15.2 Å². The molecule has 5 nitrogen and oxygen atoms in total. The van der Waals surface area contributed by atoms with Gasteiger partial charge in [0.15, 0.2) is 0 Å². The fourth-order valence-electron chi connectivity index (χ4n) is 4.61. The molecule has 3 N–H and O–H groups in total. The van der Waals surface area contributed by atoms with E-state index >= 15 is 0 Å². The number of carbonyl (C=O) groups excluding carboxylic acids is 1. The van der Waals surface area contributed by atoms with E-state index in [1.54, 1.807) is 13.2 Å². The molecule has 0 radical (unpaired) electrons. The minimum atomic E-state index is -0.422. The highest BCUT2D eigenvalue weighted by atomic mass is 16.5. The molecule has 2 aromatic carbocycles. The number of hydrogen-bond donors (Lipinski definition) is 2. The molecule has 3 unspecified atom stereocenters. The van der Waals surface area contributed by atoms with E-state index in [2.05, 4.69) is 29.6 Å². The van der Waals surface area contributed by atoms with Crippen LogP contribution in [0.2, 0.25) is 0 Å². The number of methoxy groups -OCH3 is 1. The van der Waals surface area contributed by atoms with Crippen molar-refractivity contribution in [1.29, 1.82) is 0 Å². The fourth-order valence-corrected chi connectivity index (χ4v) is 4.61. The number of nitrogens with one attached hydrogen (secondary N) is 1. The van der Waals surface area contributed by atoms with Crippen molar-refractivity contribution in [2.24, 2.45) is 5.73 Å². The average molecular weight is 366 g/mol. The Kier molecular flexibility index (Phi) is 4.89. The van der Waals surface area contributed by atoms with Crippen molar-refractivity contribution in [2.75, 3.05) is 20.3 Å². The van der Waals surface area contributed by atoms with Gasteiger partial charge in [-0.15, -0.1) is 0 Å². The maximum Gasteiger partial charge on any atom is 0.248 e. The maximum absolute atomic E-state index is 11.6. The summed E-state index contributed by atoms with van der Waals surface area (Å²) in [6.07, 6.45) is 3.00. The first-order chi connectivity index (χ1) is 13.1. The van der Waals surface area contributed by atoms with E-state index in [9.17, 15) is 4.79 Å². The van der Waals surface area contributed by atoms with Crippen LogP contribution in [0.1, 0.15) is 52.7 Å². The summed E-state index contributed by atoms with van der Waals surface area (Å²) >= 11 is 0. The first-order valence-corrected chi connectivity index (χ1v) is 9.53. The molecule has 27 heavy (non-hydrogen) atoms. The molecule has 2 heterocycles. The van der Waals surface area contributed by atoms with Crippen molar-refractivity contribution in [3.05, 3.63) is 65.2 Å². The summed E-state index contributed by atoms with van der Waals surface area (Å²) in [5.41, 5.74) is 8.02. The van der Waals surface area contributed by atoms with E-state index < -0.39 is 5.91 Å². The largest absolute Gasteiger partial charge is 0.496 e. The van der Waals surface area contributed by atoms with Crippen LogP contribution in [-0.4, -0.2) is 31.8 Å². The molecule has 2 fully saturated rings. The molecule has 0 aromatic heterocycles. The Balaban J connectivity index is 1.66. The van der Waals surface area contributed by atoms with E-state index in [1.807, 2.05) is 18.2 Å². The third kappa shape index (κ3) is 3.33. The zero-order valence-corrected chi connectivity index (χ0v) is 15.6. The highest BCUT2D eigenvalue weighted by Crippen LogP contribution is 2.49.